The van der Waals surface area contributed by atoms with Gasteiger partial charge in [0.25, 0.3) is 0 Å². The van der Waals surface area contributed by atoms with Gasteiger partial charge in [-0.1, -0.05) is 6.58 Å². The predicted molar refractivity (Wildman–Crippen MR) is 53.8 cm³/mol. The van der Waals surface area contributed by atoms with Crippen molar-refractivity contribution in [1.29, 1.82) is 0 Å². The lowest BCUT2D eigenvalue weighted by molar-refractivity contribution is 0.119. The Balaban J connectivity index is 4.54. The number of amides is 1. The Morgan fingerprint density at radius 3 is 2.38 bits per heavy atom. The van der Waals surface area contributed by atoms with Crippen LogP contribution in [0.3, 0.4) is 0 Å². The summed E-state index contributed by atoms with van der Waals surface area (Å²) in [6.45, 7) is 9.81. The average molecular weight is 181 g/mol. The van der Waals surface area contributed by atoms with Gasteiger partial charge in [-0.3, -0.25) is 4.79 Å². The van der Waals surface area contributed by atoms with Crippen LogP contribution >= 0.6 is 0 Å². The molecule has 0 saturated carbocycles. The fourth-order valence-electron chi connectivity index (χ4n) is 0.813. The van der Waals surface area contributed by atoms with E-state index in [9.17, 15) is 4.79 Å². The predicted octanol–water partition coefficient (Wildman–Crippen LogP) is 1.54. The van der Waals surface area contributed by atoms with E-state index < -0.39 is 11.3 Å². The van der Waals surface area contributed by atoms with Gasteiger partial charge in [-0.2, -0.15) is 0 Å². The molecule has 0 aliphatic carbocycles. The van der Waals surface area contributed by atoms with Crippen LogP contribution in [0.2, 0.25) is 0 Å². The first-order chi connectivity index (χ1) is 5.84. The minimum Gasteiger partial charge on any atom is -0.496 e. The van der Waals surface area contributed by atoms with Gasteiger partial charge in [0.15, 0.2) is 5.81 Å². The monoisotopic (exact) mass is 181 g/mol. The van der Waals surface area contributed by atoms with Gasteiger partial charge in [-0.15, -0.1) is 0 Å². The molecule has 0 rings (SSSR count). The second kappa shape index (κ2) is 4.35. The van der Waals surface area contributed by atoms with Crippen LogP contribution in [-0.4, -0.2) is 37.7 Å². The van der Waals surface area contributed by atoms with Crippen molar-refractivity contribution in [2.45, 2.75) is 26.3 Å². The maximum atomic E-state index is 10.9. The van der Waals surface area contributed by atoms with E-state index in [1.54, 1.807) is 7.05 Å². The zero-order chi connectivity index (χ0) is 10.6. The molecule has 0 bridgehead atoms. The Kier molecular flexibility index (Phi) is 4.04. The Morgan fingerprint density at radius 1 is 1.62 bits per heavy atom. The SMILES string of the molecule is [B]C(=O)N(C)C(C)(C)C(=C)OCC. The summed E-state index contributed by atoms with van der Waals surface area (Å²) in [5, 5.41) is 0. The highest BCUT2D eigenvalue weighted by Crippen LogP contribution is 2.22. The minimum absolute atomic E-state index is 0.495. The van der Waals surface area contributed by atoms with Gasteiger partial charge in [0, 0.05) is 7.05 Å². The van der Waals surface area contributed by atoms with Crippen molar-refractivity contribution < 1.29 is 9.53 Å². The summed E-state index contributed by atoms with van der Waals surface area (Å²) in [7, 11) is 6.76. The summed E-state index contributed by atoms with van der Waals surface area (Å²) in [6.07, 6.45) is 0. The number of ether oxygens (including phenoxy) is 1. The van der Waals surface area contributed by atoms with Gasteiger partial charge in [-0.25, -0.2) is 0 Å². The van der Waals surface area contributed by atoms with Crippen LogP contribution in [0.4, 0.5) is 4.79 Å². The van der Waals surface area contributed by atoms with Crippen molar-refractivity contribution in [1.82, 2.24) is 4.90 Å². The average Bonchev–Trinajstić information content (AvgIpc) is 2.03. The van der Waals surface area contributed by atoms with Crippen LogP contribution in [0.15, 0.2) is 12.3 Å². The van der Waals surface area contributed by atoms with Crippen LogP contribution in [0.1, 0.15) is 20.8 Å². The van der Waals surface area contributed by atoms with Gasteiger partial charge < -0.3 is 9.64 Å². The molecule has 3 nitrogen and oxygen atoms in total. The smallest absolute Gasteiger partial charge is 0.200 e. The van der Waals surface area contributed by atoms with E-state index >= 15 is 0 Å². The summed E-state index contributed by atoms with van der Waals surface area (Å²) < 4.78 is 5.23. The van der Waals surface area contributed by atoms with E-state index in [4.69, 9.17) is 12.6 Å². The van der Waals surface area contributed by atoms with Crippen molar-refractivity contribution >= 4 is 13.7 Å². The second-order valence-electron chi connectivity index (χ2n) is 3.31. The van der Waals surface area contributed by atoms with E-state index in [-0.39, 0.29) is 0 Å². The standard InChI is InChI=1S/C9H16BNO2/c1-6-13-7(2)9(3,4)11(5)8(10)12/h2,6H2,1,3-5H3. The molecule has 0 aromatic heterocycles. The molecule has 0 atom stereocenters. The van der Waals surface area contributed by atoms with E-state index in [0.717, 1.165) is 0 Å². The molecule has 0 aromatic carbocycles. The number of hydrogen-bond acceptors (Lipinski definition) is 2. The molecule has 0 aromatic rings. The summed E-state index contributed by atoms with van der Waals surface area (Å²) in [6, 6.07) is 0. The van der Waals surface area contributed by atoms with E-state index in [2.05, 4.69) is 6.58 Å². The number of carbonyl (C=O) groups excluding carboxylic acids is 1. The molecule has 4 heteroatoms. The normalized spacial score (nSPS) is 10.8. The summed E-state index contributed by atoms with van der Waals surface area (Å²) in [4.78, 5) is 12.3. The van der Waals surface area contributed by atoms with Crippen molar-refractivity contribution in [3.05, 3.63) is 12.3 Å². The Bertz CT molecular complexity index is 214. The van der Waals surface area contributed by atoms with Gasteiger partial charge in [0.05, 0.1) is 12.1 Å². The van der Waals surface area contributed by atoms with Crippen LogP contribution in [-0.2, 0) is 4.74 Å². The molecule has 0 aliphatic heterocycles. The van der Waals surface area contributed by atoms with Gasteiger partial charge >= 0.3 is 0 Å². The number of likely N-dealkylation sites (N-methyl/N-ethyl adjacent to an activating group) is 1. The molecule has 0 heterocycles. The third-order valence-electron chi connectivity index (χ3n) is 2.17. The molecule has 0 N–H and O–H groups in total. The van der Waals surface area contributed by atoms with Crippen LogP contribution in [0, 0.1) is 0 Å². The maximum Gasteiger partial charge on any atom is 0.200 e. The molecule has 0 saturated heterocycles. The third-order valence-corrected chi connectivity index (χ3v) is 2.17. The van der Waals surface area contributed by atoms with E-state index in [1.807, 2.05) is 20.8 Å². The highest BCUT2D eigenvalue weighted by Gasteiger charge is 2.29. The Labute approximate surface area is 81.2 Å². The summed E-state index contributed by atoms with van der Waals surface area (Å²) in [5.41, 5.74) is -0.568. The zero-order valence-electron chi connectivity index (χ0n) is 8.76. The highest BCUT2D eigenvalue weighted by molar-refractivity contribution is 6.57. The first-order valence-corrected chi connectivity index (χ1v) is 4.19. The quantitative estimate of drug-likeness (QED) is 0.486. The Hall–Kier alpha value is -0.925. The van der Waals surface area contributed by atoms with E-state index in [0.29, 0.717) is 12.4 Å². The van der Waals surface area contributed by atoms with Gasteiger partial charge in [0.1, 0.15) is 5.76 Å². The molecular weight excluding hydrogens is 165 g/mol. The largest absolute Gasteiger partial charge is 0.496 e. The number of hydrogen-bond donors (Lipinski definition) is 0. The minimum atomic E-state index is -0.568. The lowest BCUT2D eigenvalue weighted by atomic mass is 9.97. The van der Waals surface area contributed by atoms with Gasteiger partial charge in [0.2, 0.25) is 7.85 Å². The Morgan fingerprint density at radius 2 is 2.08 bits per heavy atom. The van der Waals surface area contributed by atoms with E-state index in [1.165, 1.54) is 4.90 Å². The molecule has 0 spiro atoms. The summed E-state index contributed by atoms with van der Waals surface area (Å²) in [5.74, 6) is 0.0437. The fraction of sp³-hybridized carbons (Fsp3) is 0.667. The zero-order valence-corrected chi connectivity index (χ0v) is 8.76. The molecule has 0 unspecified atom stereocenters. The molecule has 0 fully saturated rings. The van der Waals surface area contributed by atoms with Gasteiger partial charge in [-0.05, 0) is 20.8 Å². The third kappa shape index (κ3) is 2.79. The molecular formula is C9H16BNO2. The fourth-order valence-corrected chi connectivity index (χ4v) is 0.813. The number of nitrogens with zero attached hydrogens (tertiary/aromatic N) is 1. The molecule has 0 aliphatic rings. The van der Waals surface area contributed by atoms with Crippen LogP contribution < -0.4 is 0 Å². The number of rotatable bonds is 4. The van der Waals surface area contributed by atoms with Crippen molar-refractivity contribution in [2.75, 3.05) is 13.7 Å². The maximum absolute atomic E-state index is 10.9. The molecule has 72 valence electrons. The lowest BCUT2D eigenvalue weighted by Gasteiger charge is -2.36. The number of carbonyl (C=O) groups is 1. The van der Waals surface area contributed by atoms with Crippen molar-refractivity contribution in [3.63, 3.8) is 0 Å². The van der Waals surface area contributed by atoms with Crippen molar-refractivity contribution in [2.24, 2.45) is 0 Å². The first-order valence-electron chi connectivity index (χ1n) is 4.19. The van der Waals surface area contributed by atoms with Crippen LogP contribution in [0.5, 0.6) is 0 Å². The topological polar surface area (TPSA) is 29.5 Å². The molecule has 13 heavy (non-hydrogen) atoms. The second-order valence-corrected chi connectivity index (χ2v) is 3.31. The highest BCUT2D eigenvalue weighted by atomic mass is 16.5. The van der Waals surface area contributed by atoms with Crippen molar-refractivity contribution in [3.8, 4) is 0 Å². The van der Waals surface area contributed by atoms with Crippen LogP contribution in [0.25, 0.3) is 0 Å². The summed E-state index contributed by atoms with van der Waals surface area (Å²) >= 11 is 0. The molecule has 1 amide bonds. The molecule has 2 radical (unpaired) electrons. The lowest BCUT2D eigenvalue weighted by Crippen LogP contribution is -2.46. The first kappa shape index (κ1) is 12.1.